The zero-order valence-electron chi connectivity index (χ0n) is 18.3. The van der Waals surface area contributed by atoms with Crippen molar-refractivity contribution in [3.8, 4) is 23.5 Å². The van der Waals surface area contributed by atoms with Gasteiger partial charge in [0.2, 0.25) is 5.91 Å². The van der Waals surface area contributed by atoms with E-state index in [4.69, 9.17) is 16.3 Å². The Morgan fingerprint density at radius 3 is 2.32 bits per heavy atom. The summed E-state index contributed by atoms with van der Waals surface area (Å²) in [6.07, 6.45) is 4.49. The number of benzene rings is 2. The number of aryl methyl sites for hydroxylation is 1. The largest absolute Gasteiger partial charge is 0.477 e. The van der Waals surface area contributed by atoms with Crippen LogP contribution in [0.3, 0.4) is 0 Å². The molecule has 3 N–H and O–H groups in total. The van der Waals surface area contributed by atoms with E-state index in [0.29, 0.717) is 0 Å². The lowest BCUT2D eigenvalue weighted by molar-refractivity contribution is -0.118. The Hall–Kier alpha value is -4.58. The first-order valence-corrected chi connectivity index (χ1v) is 10.5. The summed E-state index contributed by atoms with van der Waals surface area (Å²) < 4.78 is 6.59. The van der Waals surface area contributed by atoms with E-state index in [9.17, 15) is 14.4 Å². The van der Waals surface area contributed by atoms with Gasteiger partial charge in [0.15, 0.2) is 5.82 Å². The molecule has 0 saturated heterocycles. The molecule has 2 aromatic carbocycles. The maximum absolute atomic E-state index is 12.6. The monoisotopic (exact) mass is 458 g/mol. The fraction of sp³-hybridized carbons (Fsp3) is 0.200. The van der Waals surface area contributed by atoms with Crippen LogP contribution in [-0.4, -0.2) is 45.5 Å². The van der Waals surface area contributed by atoms with Gasteiger partial charge in [0, 0.05) is 25.5 Å². The van der Waals surface area contributed by atoms with Crippen molar-refractivity contribution in [3.05, 3.63) is 71.4 Å². The summed E-state index contributed by atoms with van der Waals surface area (Å²) >= 11 is 0. The third-order valence-corrected chi connectivity index (χ3v) is 5.62. The van der Waals surface area contributed by atoms with Crippen molar-refractivity contribution < 1.29 is 24.2 Å². The number of hydrogen-bond acceptors (Lipinski definition) is 5. The van der Waals surface area contributed by atoms with E-state index < -0.39 is 24.0 Å². The molecule has 34 heavy (non-hydrogen) atoms. The summed E-state index contributed by atoms with van der Waals surface area (Å²) in [5.74, 6) is 0.427. The molecule has 2 amide bonds. The van der Waals surface area contributed by atoms with E-state index in [2.05, 4.69) is 21.7 Å². The van der Waals surface area contributed by atoms with Gasteiger partial charge in [0.25, 0.3) is 0 Å². The zero-order valence-corrected chi connectivity index (χ0v) is 18.3. The normalized spacial score (nSPS) is 12.7. The van der Waals surface area contributed by atoms with Crippen molar-refractivity contribution in [2.24, 2.45) is 7.05 Å². The number of carbonyl (C=O) groups excluding carboxylic acids is 2. The van der Waals surface area contributed by atoms with Crippen molar-refractivity contribution in [2.45, 2.75) is 18.4 Å². The zero-order chi connectivity index (χ0) is 24.2. The smallest absolute Gasteiger partial charge is 0.407 e. The van der Waals surface area contributed by atoms with Crippen molar-refractivity contribution in [1.29, 1.82) is 0 Å². The summed E-state index contributed by atoms with van der Waals surface area (Å²) in [6.45, 7) is 0.0897. The number of aromatic nitrogens is 2. The first kappa shape index (κ1) is 22.6. The summed E-state index contributed by atoms with van der Waals surface area (Å²) in [7, 11) is 1.44. The van der Waals surface area contributed by atoms with Crippen LogP contribution in [0, 0.1) is 12.3 Å². The van der Waals surface area contributed by atoms with Crippen LogP contribution in [0.5, 0.6) is 0 Å². The maximum Gasteiger partial charge on any atom is 0.407 e. The number of anilines is 1. The minimum atomic E-state index is -1.19. The maximum atomic E-state index is 12.6. The number of amides is 2. The van der Waals surface area contributed by atoms with Gasteiger partial charge in [-0.25, -0.2) is 9.59 Å². The van der Waals surface area contributed by atoms with Crippen LogP contribution in [0.1, 0.15) is 34.0 Å². The fourth-order valence-electron chi connectivity index (χ4n) is 4.05. The van der Waals surface area contributed by atoms with Gasteiger partial charge in [-0.05, 0) is 22.3 Å². The van der Waals surface area contributed by atoms with E-state index >= 15 is 0 Å². The van der Waals surface area contributed by atoms with Gasteiger partial charge in [0.1, 0.15) is 18.3 Å². The Morgan fingerprint density at radius 2 is 1.76 bits per heavy atom. The van der Waals surface area contributed by atoms with Crippen molar-refractivity contribution >= 4 is 23.8 Å². The third-order valence-electron chi connectivity index (χ3n) is 5.62. The highest BCUT2D eigenvalue weighted by molar-refractivity contribution is 5.97. The molecule has 9 nitrogen and oxygen atoms in total. The first-order chi connectivity index (χ1) is 16.4. The van der Waals surface area contributed by atoms with Gasteiger partial charge in [0.05, 0.1) is 0 Å². The van der Waals surface area contributed by atoms with Crippen molar-refractivity contribution in [3.63, 3.8) is 0 Å². The summed E-state index contributed by atoms with van der Waals surface area (Å²) in [6, 6.07) is 16.0. The minimum absolute atomic E-state index is 0.0289. The van der Waals surface area contributed by atoms with Crippen LogP contribution in [0.15, 0.2) is 54.6 Å². The summed E-state index contributed by atoms with van der Waals surface area (Å²) in [4.78, 5) is 36.3. The van der Waals surface area contributed by atoms with Crippen molar-refractivity contribution in [1.82, 2.24) is 15.1 Å². The molecule has 1 unspecified atom stereocenters. The van der Waals surface area contributed by atoms with Crippen LogP contribution in [0.4, 0.5) is 10.6 Å². The highest BCUT2D eigenvalue weighted by Crippen LogP contribution is 2.44. The predicted octanol–water partition coefficient (Wildman–Crippen LogP) is 2.99. The lowest BCUT2D eigenvalue weighted by atomic mass is 9.98. The van der Waals surface area contributed by atoms with E-state index in [1.807, 2.05) is 48.5 Å². The first-order valence-electron chi connectivity index (χ1n) is 10.5. The molecule has 0 radical (unpaired) electrons. The number of ether oxygens (including phenoxy) is 1. The molecule has 0 saturated carbocycles. The number of fused-ring (bicyclic) bond motifs is 3. The highest BCUT2D eigenvalue weighted by atomic mass is 16.5. The predicted molar refractivity (Wildman–Crippen MR) is 124 cm³/mol. The van der Waals surface area contributed by atoms with Gasteiger partial charge >= 0.3 is 12.1 Å². The standard InChI is InChI=1S/C25H22N4O5/c1-3-8-20(23(30)27-22-13-21(24(31)32)29(2)28-22)26-25(33)34-14-19-17-11-6-4-9-15(17)16-10-5-7-12-18(16)19/h1,4-7,9-13,19-20H,8,14H2,2H3,(H,26,33)(H,31,32)(H,27,28,30). The lowest BCUT2D eigenvalue weighted by Gasteiger charge is -2.18. The number of terminal acetylenes is 1. The molecule has 0 aliphatic heterocycles. The second kappa shape index (κ2) is 9.50. The van der Waals surface area contributed by atoms with Crippen LogP contribution in [0.2, 0.25) is 0 Å². The van der Waals surface area contributed by atoms with Crippen LogP contribution >= 0.6 is 0 Å². The number of carboxylic acid groups (broad SMARTS) is 1. The molecule has 4 rings (SSSR count). The molecule has 172 valence electrons. The molecule has 1 atom stereocenters. The molecule has 0 fully saturated rings. The Labute approximate surface area is 195 Å². The van der Waals surface area contributed by atoms with E-state index in [1.165, 1.54) is 13.1 Å². The number of aromatic carboxylic acids is 1. The molecular formula is C25H22N4O5. The second-order valence-electron chi connectivity index (χ2n) is 7.76. The number of carbonyl (C=O) groups is 3. The van der Waals surface area contributed by atoms with Crippen molar-refractivity contribution in [2.75, 3.05) is 11.9 Å². The van der Waals surface area contributed by atoms with Gasteiger partial charge in [-0.15, -0.1) is 12.3 Å². The topological polar surface area (TPSA) is 123 Å². The molecule has 1 heterocycles. The lowest BCUT2D eigenvalue weighted by Crippen LogP contribution is -2.44. The molecule has 1 aliphatic carbocycles. The fourth-order valence-corrected chi connectivity index (χ4v) is 4.05. The molecule has 0 spiro atoms. The number of hydrogen-bond donors (Lipinski definition) is 3. The number of alkyl carbamates (subject to hydrolysis) is 1. The van der Waals surface area contributed by atoms with E-state index in [1.54, 1.807) is 0 Å². The molecule has 9 heteroatoms. The quantitative estimate of drug-likeness (QED) is 0.468. The average molecular weight is 458 g/mol. The minimum Gasteiger partial charge on any atom is -0.477 e. The number of rotatable bonds is 7. The molecule has 3 aromatic rings. The van der Waals surface area contributed by atoms with E-state index in [-0.39, 0.29) is 30.5 Å². The number of nitrogens with zero attached hydrogens (tertiary/aromatic N) is 2. The van der Waals surface area contributed by atoms with Crippen LogP contribution < -0.4 is 10.6 Å². The second-order valence-corrected chi connectivity index (χ2v) is 7.76. The van der Waals surface area contributed by atoms with Gasteiger partial charge in [-0.3, -0.25) is 9.48 Å². The van der Waals surface area contributed by atoms with Crippen LogP contribution in [0.25, 0.3) is 11.1 Å². The number of carboxylic acids is 1. The SMILES string of the molecule is C#CCC(NC(=O)OCC1c2ccccc2-c2ccccc21)C(=O)Nc1cc(C(=O)O)n(C)n1. The Morgan fingerprint density at radius 1 is 1.15 bits per heavy atom. The van der Waals surface area contributed by atoms with Gasteiger partial charge in [-0.1, -0.05) is 48.5 Å². The average Bonchev–Trinajstić information content (AvgIpc) is 3.35. The highest BCUT2D eigenvalue weighted by Gasteiger charge is 2.30. The summed E-state index contributed by atoms with van der Waals surface area (Å²) in [5.41, 5.74) is 4.24. The Bertz CT molecular complexity index is 1260. The Balaban J connectivity index is 1.41. The van der Waals surface area contributed by atoms with Gasteiger partial charge in [-0.2, -0.15) is 5.10 Å². The third kappa shape index (κ3) is 4.47. The van der Waals surface area contributed by atoms with E-state index in [0.717, 1.165) is 26.9 Å². The molecule has 1 aromatic heterocycles. The summed E-state index contributed by atoms with van der Waals surface area (Å²) in [5, 5.41) is 18.0. The molecular weight excluding hydrogens is 436 g/mol. The Kier molecular flexibility index (Phi) is 6.32. The number of nitrogens with one attached hydrogen (secondary N) is 2. The van der Waals surface area contributed by atoms with Crippen LogP contribution in [-0.2, 0) is 16.6 Å². The molecule has 0 bridgehead atoms. The molecule has 1 aliphatic rings. The van der Waals surface area contributed by atoms with Gasteiger partial charge < -0.3 is 20.5 Å².